The molecule has 0 radical (unpaired) electrons. The normalized spacial score (nSPS) is 10.1. The van der Waals surface area contributed by atoms with Gasteiger partial charge in [0.1, 0.15) is 6.33 Å². The van der Waals surface area contributed by atoms with Crippen LogP contribution in [0.25, 0.3) is 0 Å². The van der Waals surface area contributed by atoms with E-state index in [9.17, 15) is 9.59 Å². The number of urea groups is 1. The third kappa shape index (κ3) is 4.04. The van der Waals surface area contributed by atoms with Gasteiger partial charge in [-0.05, 0) is 6.92 Å². The molecule has 8 heteroatoms. The molecular weight excluding hydrogens is 238 g/mol. The van der Waals surface area contributed by atoms with E-state index in [-0.39, 0.29) is 25.5 Å². The molecule has 0 fully saturated rings. The average molecular weight is 255 g/mol. The van der Waals surface area contributed by atoms with Crippen LogP contribution in [-0.4, -0.2) is 49.9 Å². The van der Waals surface area contributed by atoms with Gasteiger partial charge >= 0.3 is 12.0 Å². The molecule has 8 nitrogen and oxygen atoms in total. The van der Waals surface area contributed by atoms with E-state index in [0.717, 1.165) is 0 Å². The van der Waals surface area contributed by atoms with Crippen molar-refractivity contribution in [2.24, 2.45) is 7.05 Å². The summed E-state index contributed by atoms with van der Waals surface area (Å²) in [6.45, 7) is 2.71. The summed E-state index contributed by atoms with van der Waals surface area (Å²) in [5, 5.41) is 18.8. The highest BCUT2D eigenvalue weighted by atomic mass is 16.4. The summed E-state index contributed by atoms with van der Waals surface area (Å²) in [6, 6.07) is -0.304. The van der Waals surface area contributed by atoms with Crippen LogP contribution >= 0.6 is 0 Å². The monoisotopic (exact) mass is 255 g/mol. The lowest BCUT2D eigenvalue weighted by Gasteiger charge is -2.20. The van der Waals surface area contributed by atoms with Crippen molar-refractivity contribution in [3.63, 3.8) is 0 Å². The van der Waals surface area contributed by atoms with Crippen molar-refractivity contribution in [2.45, 2.75) is 19.9 Å². The first-order chi connectivity index (χ1) is 8.54. The highest BCUT2D eigenvalue weighted by Crippen LogP contribution is 1.95. The number of carbonyl (C=O) groups is 2. The Balaban J connectivity index is 2.42. The van der Waals surface area contributed by atoms with E-state index in [4.69, 9.17) is 5.11 Å². The summed E-state index contributed by atoms with van der Waals surface area (Å²) in [7, 11) is 1.78. The van der Waals surface area contributed by atoms with Gasteiger partial charge in [0.15, 0.2) is 5.82 Å². The molecule has 18 heavy (non-hydrogen) atoms. The van der Waals surface area contributed by atoms with Crippen molar-refractivity contribution in [2.75, 3.05) is 13.1 Å². The zero-order chi connectivity index (χ0) is 13.5. The van der Waals surface area contributed by atoms with Gasteiger partial charge in [0.2, 0.25) is 0 Å². The van der Waals surface area contributed by atoms with Gasteiger partial charge in [0.05, 0.1) is 13.0 Å². The molecule has 0 aromatic carbocycles. The fourth-order valence-electron chi connectivity index (χ4n) is 1.37. The molecule has 1 rings (SSSR count). The number of carbonyl (C=O) groups excluding carboxylic acids is 1. The number of amides is 2. The minimum atomic E-state index is -0.922. The number of carboxylic acid groups (broad SMARTS) is 1. The van der Waals surface area contributed by atoms with E-state index < -0.39 is 5.97 Å². The molecule has 100 valence electrons. The number of carboxylic acids is 1. The SMILES string of the molecule is CCN(CCC(=O)O)C(=O)NCc1nncn1C. The lowest BCUT2D eigenvalue weighted by atomic mass is 10.4. The standard InChI is InChI=1S/C10H17N5O3/c1-3-15(5-4-9(16)17)10(18)11-6-8-13-12-7-14(8)2/h7H,3-6H2,1-2H3,(H,11,18)(H,16,17). The predicted molar refractivity (Wildman–Crippen MR) is 62.7 cm³/mol. The number of nitrogens with zero attached hydrogens (tertiary/aromatic N) is 4. The lowest BCUT2D eigenvalue weighted by molar-refractivity contribution is -0.137. The van der Waals surface area contributed by atoms with Gasteiger partial charge in [0, 0.05) is 20.1 Å². The fourth-order valence-corrected chi connectivity index (χ4v) is 1.37. The molecule has 1 aromatic rings. The molecule has 0 aliphatic heterocycles. The molecule has 0 aliphatic carbocycles. The number of hydrogen-bond acceptors (Lipinski definition) is 4. The number of aryl methyl sites for hydroxylation is 1. The van der Waals surface area contributed by atoms with E-state index in [0.29, 0.717) is 12.4 Å². The zero-order valence-corrected chi connectivity index (χ0v) is 10.5. The number of nitrogens with one attached hydrogen (secondary N) is 1. The van der Waals surface area contributed by atoms with Gasteiger partial charge in [-0.2, -0.15) is 0 Å². The second-order valence-electron chi connectivity index (χ2n) is 3.74. The van der Waals surface area contributed by atoms with Crippen molar-refractivity contribution in [1.82, 2.24) is 25.0 Å². The van der Waals surface area contributed by atoms with Crippen LogP contribution in [0.5, 0.6) is 0 Å². The number of aliphatic carboxylic acids is 1. The topological polar surface area (TPSA) is 100 Å². The smallest absolute Gasteiger partial charge is 0.317 e. The molecule has 1 aromatic heterocycles. The van der Waals surface area contributed by atoms with Crippen molar-refractivity contribution < 1.29 is 14.7 Å². The molecule has 0 bridgehead atoms. The quantitative estimate of drug-likeness (QED) is 0.734. The molecule has 1 heterocycles. The molecule has 2 N–H and O–H groups in total. The molecule has 0 aliphatic rings. The highest BCUT2D eigenvalue weighted by molar-refractivity contribution is 5.75. The van der Waals surface area contributed by atoms with Gasteiger partial charge < -0.3 is 19.9 Å². The fraction of sp³-hybridized carbons (Fsp3) is 0.600. The maximum atomic E-state index is 11.8. The van der Waals surface area contributed by atoms with Crippen LogP contribution in [0.3, 0.4) is 0 Å². The summed E-state index contributed by atoms with van der Waals surface area (Å²) in [5.41, 5.74) is 0. The Morgan fingerprint density at radius 1 is 1.56 bits per heavy atom. The third-order valence-corrected chi connectivity index (χ3v) is 2.47. The van der Waals surface area contributed by atoms with Crippen molar-refractivity contribution in [3.05, 3.63) is 12.2 Å². The molecule has 0 atom stereocenters. The summed E-state index contributed by atoms with van der Waals surface area (Å²) in [5.74, 6) is -0.285. The van der Waals surface area contributed by atoms with Crippen LogP contribution in [0.15, 0.2) is 6.33 Å². The van der Waals surface area contributed by atoms with Crippen molar-refractivity contribution in [1.29, 1.82) is 0 Å². The molecule has 0 saturated carbocycles. The Labute approximate surface area is 105 Å². The Morgan fingerprint density at radius 3 is 2.78 bits per heavy atom. The first-order valence-electron chi connectivity index (χ1n) is 5.62. The van der Waals surface area contributed by atoms with E-state index >= 15 is 0 Å². The third-order valence-electron chi connectivity index (χ3n) is 2.47. The molecule has 0 unspecified atom stereocenters. The van der Waals surface area contributed by atoms with Gasteiger partial charge in [0.25, 0.3) is 0 Å². The number of aromatic nitrogens is 3. The van der Waals surface area contributed by atoms with Crippen LogP contribution in [0.2, 0.25) is 0 Å². The van der Waals surface area contributed by atoms with Crippen LogP contribution in [-0.2, 0) is 18.4 Å². The van der Waals surface area contributed by atoms with Gasteiger partial charge in [-0.15, -0.1) is 10.2 Å². The Bertz CT molecular complexity index is 417. The maximum absolute atomic E-state index is 11.8. The Morgan fingerprint density at radius 2 is 2.28 bits per heavy atom. The Hall–Kier alpha value is -2.12. The van der Waals surface area contributed by atoms with E-state index in [2.05, 4.69) is 15.5 Å². The summed E-state index contributed by atoms with van der Waals surface area (Å²) in [4.78, 5) is 23.6. The van der Waals surface area contributed by atoms with E-state index in [1.807, 2.05) is 0 Å². The van der Waals surface area contributed by atoms with Gasteiger partial charge in [-0.25, -0.2) is 4.79 Å². The lowest BCUT2D eigenvalue weighted by Crippen LogP contribution is -2.40. The van der Waals surface area contributed by atoms with E-state index in [1.54, 1.807) is 24.9 Å². The summed E-state index contributed by atoms with van der Waals surface area (Å²) in [6.07, 6.45) is 1.48. The maximum Gasteiger partial charge on any atom is 0.317 e. The molecule has 0 saturated heterocycles. The average Bonchev–Trinajstić information content (AvgIpc) is 2.72. The minimum absolute atomic E-state index is 0.0643. The molecule has 2 amide bonds. The predicted octanol–water partition coefficient (Wildman–Crippen LogP) is -0.179. The first-order valence-corrected chi connectivity index (χ1v) is 5.62. The largest absolute Gasteiger partial charge is 0.481 e. The molecular formula is C10H17N5O3. The zero-order valence-electron chi connectivity index (χ0n) is 10.5. The second-order valence-corrected chi connectivity index (χ2v) is 3.74. The van der Waals surface area contributed by atoms with Crippen molar-refractivity contribution in [3.8, 4) is 0 Å². The Kier molecular flexibility index (Phi) is 5.09. The van der Waals surface area contributed by atoms with Crippen LogP contribution in [0, 0.1) is 0 Å². The number of rotatable bonds is 6. The minimum Gasteiger partial charge on any atom is -0.481 e. The van der Waals surface area contributed by atoms with Crippen molar-refractivity contribution >= 4 is 12.0 Å². The van der Waals surface area contributed by atoms with Gasteiger partial charge in [-0.1, -0.05) is 0 Å². The van der Waals surface area contributed by atoms with Crippen LogP contribution < -0.4 is 5.32 Å². The van der Waals surface area contributed by atoms with Gasteiger partial charge in [-0.3, -0.25) is 4.79 Å². The van der Waals surface area contributed by atoms with E-state index in [1.165, 1.54) is 4.90 Å². The highest BCUT2D eigenvalue weighted by Gasteiger charge is 2.13. The molecule has 0 spiro atoms. The first kappa shape index (κ1) is 13.9. The number of hydrogen-bond donors (Lipinski definition) is 2. The second kappa shape index (κ2) is 6.58. The summed E-state index contributed by atoms with van der Waals surface area (Å²) >= 11 is 0. The van der Waals surface area contributed by atoms with Crippen LogP contribution in [0.1, 0.15) is 19.2 Å². The van der Waals surface area contributed by atoms with Crippen LogP contribution in [0.4, 0.5) is 4.79 Å². The summed E-state index contributed by atoms with van der Waals surface area (Å²) < 4.78 is 1.70.